The summed E-state index contributed by atoms with van der Waals surface area (Å²) in [6.45, 7) is 3.40. The van der Waals surface area contributed by atoms with Crippen LogP contribution in [0.5, 0.6) is 5.75 Å². The first kappa shape index (κ1) is 18.9. The first-order valence-corrected chi connectivity index (χ1v) is 9.52. The number of anilines is 2. The van der Waals surface area contributed by atoms with Gasteiger partial charge in [0.1, 0.15) is 12.4 Å². The fourth-order valence-electron chi connectivity index (χ4n) is 2.98. The lowest BCUT2D eigenvalue weighted by molar-refractivity contribution is 0.102. The van der Waals surface area contributed by atoms with Gasteiger partial charge in [-0.2, -0.15) is 0 Å². The quantitative estimate of drug-likeness (QED) is 0.697. The number of amides is 1. The van der Waals surface area contributed by atoms with E-state index in [1.165, 1.54) is 0 Å². The summed E-state index contributed by atoms with van der Waals surface area (Å²) in [7, 11) is 0. The van der Waals surface area contributed by atoms with E-state index in [4.69, 9.17) is 9.47 Å². The van der Waals surface area contributed by atoms with E-state index in [9.17, 15) is 4.79 Å². The van der Waals surface area contributed by atoms with Crippen LogP contribution in [0.15, 0.2) is 66.7 Å². The highest BCUT2D eigenvalue weighted by Gasteiger charge is 2.14. The predicted octanol–water partition coefficient (Wildman–Crippen LogP) is 3.14. The van der Waals surface area contributed by atoms with Crippen molar-refractivity contribution in [3.8, 4) is 5.75 Å². The minimum absolute atomic E-state index is 0.270. The molecule has 148 valence electrons. The van der Waals surface area contributed by atoms with Crippen LogP contribution < -0.4 is 15.0 Å². The number of carbonyl (C=O) groups excluding carboxylic acids is 1. The molecule has 1 fully saturated rings. The molecule has 29 heavy (non-hydrogen) atoms. The summed E-state index contributed by atoms with van der Waals surface area (Å²) in [6.07, 6.45) is 0. The Balaban J connectivity index is 1.32. The lowest BCUT2D eigenvalue weighted by Gasteiger charge is -2.27. The molecular weight excluding hydrogens is 368 g/mol. The Hall–Kier alpha value is -3.45. The number of rotatable bonds is 6. The molecular formula is C22H22N4O3. The molecule has 1 aliphatic heterocycles. The maximum absolute atomic E-state index is 12.4. The van der Waals surface area contributed by atoms with E-state index < -0.39 is 0 Å². The van der Waals surface area contributed by atoms with E-state index in [0.717, 1.165) is 30.2 Å². The smallest absolute Gasteiger partial charge is 0.276 e. The monoisotopic (exact) mass is 390 g/mol. The minimum Gasteiger partial charge on any atom is -0.489 e. The molecule has 7 nitrogen and oxygen atoms in total. The molecule has 1 N–H and O–H groups in total. The summed E-state index contributed by atoms with van der Waals surface area (Å²) in [5.41, 5.74) is 2.04. The van der Waals surface area contributed by atoms with E-state index in [1.54, 1.807) is 18.2 Å². The van der Waals surface area contributed by atoms with Gasteiger partial charge in [0.05, 0.1) is 13.2 Å². The van der Waals surface area contributed by atoms with Crippen molar-refractivity contribution in [1.82, 2.24) is 10.2 Å². The Morgan fingerprint density at radius 3 is 2.41 bits per heavy atom. The minimum atomic E-state index is -0.302. The van der Waals surface area contributed by atoms with Crippen molar-refractivity contribution in [1.29, 1.82) is 0 Å². The molecule has 1 aromatic heterocycles. The maximum atomic E-state index is 12.4. The zero-order valence-electron chi connectivity index (χ0n) is 16.0. The van der Waals surface area contributed by atoms with Crippen LogP contribution in [-0.2, 0) is 11.3 Å². The second-order valence-electron chi connectivity index (χ2n) is 6.63. The first-order chi connectivity index (χ1) is 14.3. The van der Waals surface area contributed by atoms with Crippen molar-refractivity contribution in [2.24, 2.45) is 0 Å². The number of hydrogen-bond acceptors (Lipinski definition) is 6. The molecule has 0 bridgehead atoms. The van der Waals surface area contributed by atoms with Crippen LogP contribution in [0.2, 0.25) is 0 Å². The van der Waals surface area contributed by atoms with E-state index in [0.29, 0.717) is 25.5 Å². The molecule has 2 aromatic carbocycles. The van der Waals surface area contributed by atoms with E-state index in [-0.39, 0.29) is 11.6 Å². The van der Waals surface area contributed by atoms with Gasteiger partial charge in [0, 0.05) is 18.8 Å². The number of ether oxygens (including phenoxy) is 2. The standard InChI is InChI=1S/C22H22N4O3/c27-22(20-10-11-21(25-24-20)26-12-14-28-15-13-26)23-18-6-8-19(9-7-18)29-16-17-4-2-1-3-5-17/h1-11H,12-16H2,(H,23,27). The normalized spacial score (nSPS) is 13.7. The van der Waals surface area contributed by atoms with Gasteiger partial charge in [0.25, 0.3) is 5.91 Å². The Morgan fingerprint density at radius 1 is 0.966 bits per heavy atom. The summed E-state index contributed by atoms with van der Waals surface area (Å²) in [6, 6.07) is 20.7. The highest BCUT2D eigenvalue weighted by molar-refractivity contribution is 6.02. The average Bonchev–Trinajstić information content (AvgIpc) is 2.80. The first-order valence-electron chi connectivity index (χ1n) is 9.52. The Bertz CT molecular complexity index is 925. The molecule has 4 rings (SSSR count). The summed E-state index contributed by atoms with van der Waals surface area (Å²) in [5.74, 6) is 1.19. The van der Waals surface area contributed by atoms with Crippen LogP contribution in [0.3, 0.4) is 0 Å². The largest absolute Gasteiger partial charge is 0.489 e. The Kier molecular flexibility index (Phi) is 5.97. The van der Waals surface area contributed by atoms with Crippen LogP contribution >= 0.6 is 0 Å². The Labute approximate surface area is 169 Å². The van der Waals surface area contributed by atoms with Crippen LogP contribution in [0.4, 0.5) is 11.5 Å². The molecule has 1 saturated heterocycles. The summed E-state index contributed by atoms with van der Waals surface area (Å²) < 4.78 is 11.1. The van der Waals surface area contributed by atoms with Gasteiger partial charge in [-0.25, -0.2) is 0 Å². The number of morpholine rings is 1. The van der Waals surface area contributed by atoms with Gasteiger partial charge >= 0.3 is 0 Å². The van der Waals surface area contributed by atoms with Crippen molar-refractivity contribution in [2.75, 3.05) is 36.5 Å². The zero-order valence-corrected chi connectivity index (χ0v) is 16.0. The van der Waals surface area contributed by atoms with Crippen molar-refractivity contribution in [2.45, 2.75) is 6.61 Å². The molecule has 0 atom stereocenters. The number of carbonyl (C=O) groups is 1. The van der Waals surface area contributed by atoms with Crippen LogP contribution in [0, 0.1) is 0 Å². The number of aromatic nitrogens is 2. The van der Waals surface area contributed by atoms with E-state index in [1.807, 2.05) is 48.5 Å². The van der Waals surface area contributed by atoms with Gasteiger partial charge in [-0.15, -0.1) is 10.2 Å². The van der Waals surface area contributed by atoms with Crippen LogP contribution in [0.1, 0.15) is 16.1 Å². The molecule has 0 radical (unpaired) electrons. The Morgan fingerprint density at radius 2 is 1.72 bits per heavy atom. The van der Waals surface area contributed by atoms with Gasteiger partial charge < -0.3 is 19.7 Å². The van der Waals surface area contributed by atoms with Gasteiger partial charge in [-0.05, 0) is 42.0 Å². The topological polar surface area (TPSA) is 76.6 Å². The zero-order chi connectivity index (χ0) is 19.9. The summed E-state index contributed by atoms with van der Waals surface area (Å²) in [4.78, 5) is 14.5. The second-order valence-corrected chi connectivity index (χ2v) is 6.63. The number of nitrogens with zero attached hydrogens (tertiary/aromatic N) is 3. The number of nitrogens with one attached hydrogen (secondary N) is 1. The molecule has 0 spiro atoms. The van der Waals surface area contributed by atoms with Crippen molar-refractivity contribution < 1.29 is 14.3 Å². The molecule has 3 aromatic rings. The highest BCUT2D eigenvalue weighted by Crippen LogP contribution is 2.18. The molecule has 1 amide bonds. The third-order valence-corrected chi connectivity index (χ3v) is 4.58. The van der Waals surface area contributed by atoms with Crippen LogP contribution in [-0.4, -0.2) is 42.4 Å². The van der Waals surface area contributed by atoms with Crippen molar-refractivity contribution in [3.05, 3.63) is 78.0 Å². The second kappa shape index (κ2) is 9.16. The SMILES string of the molecule is O=C(Nc1ccc(OCc2ccccc2)cc1)c1ccc(N2CCOCC2)nn1. The average molecular weight is 390 g/mol. The predicted molar refractivity (Wildman–Crippen MR) is 110 cm³/mol. The molecule has 0 aliphatic carbocycles. The molecule has 0 saturated carbocycles. The van der Waals surface area contributed by atoms with Crippen molar-refractivity contribution in [3.63, 3.8) is 0 Å². The molecule has 0 unspecified atom stereocenters. The highest BCUT2D eigenvalue weighted by atomic mass is 16.5. The fraction of sp³-hybridized carbons (Fsp3) is 0.227. The van der Waals surface area contributed by atoms with E-state index in [2.05, 4.69) is 20.4 Å². The number of benzene rings is 2. The number of hydrogen-bond donors (Lipinski definition) is 1. The van der Waals surface area contributed by atoms with Gasteiger partial charge in [0.15, 0.2) is 11.5 Å². The molecule has 2 heterocycles. The lowest BCUT2D eigenvalue weighted by atomic mass is 10.2. The molecule has 7 heteroatoms. The molecule has 1 aliphatic rings. The maximum Gasteiger partial charge on any atom is 0.276 e. The lowest BCUT2D eigenvalue weighted by Crippen LogP contribution is -2.37. The summed E-state index contributed by atoms with van der Waals surface area (Å²) in [5, 5.41) is 11.1. The summed E-state index contributed by atoms with van der Waals surface area (Å²) >= 11 is 0. The van der Waals surface area contributed by atoms with Gasteiger partial charge in [-0.1, -0.05) is 30.3 Å². The van der Waals surface area contributed by atoms with Crippen LogP contribution in [0.25, 0.3) is 0 Å². The van der Waals surface area contributed by atoms with Gasteiger partial charge in [0.2, 0.25) is 0 Å². The third-order valence-electron chi connectivity index (χ3n) is 4.58. The third kappa shape index (κ3) is 5.08. The van der Waals surface area contributed by atoms with Gasteiger partial charge in [-0.3, -0.25) is 4.79 Å². The van der Waals surface area contributed by atoms with Crippen molar-refractivity contribution >= 4 is 17.4 Å². The van der Waals surface area contributed by atoms with E-state index >= 15 is 0 Å². The fourth-order valence-corrected chi connectivity index (χ4v) is 2.98.